The Kier molecular flexibility index (Phi) is 6.05. The molecule has 106 valence electrons. The smallest absolute Gasteiger partial charge is 0.305 e. The number of carboxylic acid groups (broad SMARTS) is 1. The van der Waals surface area contributed by atoms with Crippen LogP contribution in [0.3, 0.4) is 0 Å². The van der Waals surface area contributed by atoms with Crippen molar-refractivity contribution in [2.75, 3.05) is 30.4 Å². The first-order chi connectivity index (χ1) is 8.99. The van der Waals surface area contributed by atoms with Crippen LogP contribution in [0.25, 0.3) is 0 Å². The summed E-state index contributed by atoms with van der Waals surface area (Å²) in [6, 6.07) is 1.84. The number of carbonyl (C=O) groups is 1. The zero-order chi connectivity index (χ0) is 14.3. The molecule has 0 fully saturated rings. The third-order valence-corrected chi connectivity index (χ3v) is 2.73. The van der Waals surface area contributed by atoms with Gasteiger partial charge in [-0.2, -0.15) is 0 Å². The summed E-state index contributed by atoms with van der Waals surface area (Å²) in [4.78, 5) is 20.6. The van der Waals surface area contributed by atoms with Crippen LogP contribution in [-0.2, 0) is 4.79 Å². The summed E-state index contributed by atoms with van der Waals surface area (Å²) in [5.41, 5.74) is 0. The molecule has 0 aliphatic rings. The van der Waals surface area contributed by atoms with Gasteiger partial charge in [0.05, 0.1) is 6.42 Å². The number of rotatable bonds is 8. The van der Waals surface area contributed by atoms with Gasteiger partial charge >= 0.3 is 5.97 Å². The quantitative estimate of drug-likeness (QED) is 0.747. The Morgan fingerprint density at radius 1 is 1.47 bits per heavy atom. The van der Waals surface area contributed by atoms with E-state index in [1.54, 1.807) is 0 Å². The lowest BCUT2D eigenvalue weighted by molar-refractivity contribution is -0.136. The van der Waals surface area contributed by atoms with Crippen LogP contribution in [0.15, 0.2) is 12.4 Å². The summed E-state index contributed by atoms with van der Waals surface area (Å²) in [5, 5.41) is 11.9. The molecule has 2 N–H and O–H groups in total. The number of carboxylic acids is 1. The third-order valence-electron chi connectivity index (χ3n) is 2.73. The van der Waals surface area contributed by atoms with Crippen LogP contribution in [0, 0.1) is 5.92 Å². The second kappa shape index (κ2) is 7.56. The van der Waals surface area contributed by atoms with E-state index < -0.39 is 5.97 Å². The molecule has 0 bridgehead atoms. The SMILES string of the molecule is CC(C)CCNc1cc(N(C)CCC(=O)O)ncn1. The normalized spacial score (nSPS) is 10.5. The van der Waals surface area contributed by atoms with Gasteiger partial charge in [-0.05, 0) is 12.3 Å². The van der Waals surface area contributed by atoms with Crippen LogP contribution in [-0.4, -0.2) is 41.2 Å². The van der Waals surface area contributed by atoms with Gasteiger partial charge < -0.3 is 15.3 Å². The lowest BCUT2D eigenvalue weighted by atomic mass is 10.1. The van der Waals surface area contributed by atoms with Crippen molar-refractivity contribution >= 4 is 17.6 Å². The Labute approximate surface area is 113 Å². The molecule has 0 aromatic carbocycles. The van der Waals surface area contributed by atoms with E-state index in [0.29, 0.717) is 12.5 Å². The van der Waals surface area contributed by atoms with E-state index in [2.05, 4.69) is 29.1 Å². The highest BCUT2D eigenvalue weighted by atomic mass is 16.4. The summed E-state index contributed by atoms with van der Waals surface area (Å²) in [5.74, 6) is 1.33. The Morgan fingerprint density at radius 2 is 2.21 bits per heavy atom. The molecule has 0 spiro atoms. The molecule has 1 rings (SSSR count). The summed E-state index contributed by atoms with van der Waals surface area (Å²) in [6.07, 6.45) is 2.66. The van der Waals surface area contributed by atoms with E-state index in [-0.39, 0.29) is 6.42 Å². The van der Waals surface area contributed by atoms with Crippen LogP contribution in [0.1, 0.15) is 26.7 Å². The molecule has 0 aliphatic carbocycles. The molecule has 0 atom stereocenters. The Morgan fingerprint density at radius 3 is 2.84 bits per heavy atom. The van der Waals surface area contributed by atoms with E-state index in [1.807, 2.05) is 18.0 Å². The predicted octanol–water partition coefficient (Wildman–Crippen LogP) is 1.85. The van der Waals surface area contributed by atoms with Crippen LogP contribution < -0.4 is 10.2 Å². The molecule has 0 saturated heterocycles. The minimum Gasteiger partial charge on any atom is -0.481 e. The predicted molar refractivity (Wildman–Crippen MR) is 75.5 cm³/mol. The zero-order valence-corrected chi connectivity index (χ0v) is 11.8. The van der Waals surface area contributed by atoms with Crippen molar-refractivity contribution in [2.24, 2.45) is 5.92 Å². The van der Waals surface area contributed by atoms with Gasteiger partial charge in [0, 0.05) is 26.2 Å². The average Bonchev–Trinajstić information content (AvgIpc) is 2.36. The van der Waals surface area contributed by atoms with Crippen molar-refractivity contribution in [3.63, 3.8) is 0 Å². The highest BCUT2D eigenvalue weighted by Crippen LogP contribution is 2.13. The van der Waals surface area contributed by atoms with Crippen LogP contribution in [0.5, 0.6) is 0 Å². The van der Waals surface area contributed by atoms with Gasteiger partial charge in [-0.1, -0.05) is 13.8 Å². The second-order valence-electron chi connectivity index (χ2n) is 4.94. The third kappa shape index (κ3) is 6.03. The molecule has 1 aromatic heterocycles. The van der Waals surface area contributed by atoms with Crippen molar-refractivity contribution in [3.05, 3.63) is 12.4 Å². The first-order valence-corrected chi connectivity index (χ1v) is 6.48. The van der Waals surface area contributed by atoms with E-state index >= 15 is 0 Å². The molecule has 1 aromatic rings. The fourth-order valence-electron chi connectivity index (χ4n) is 1.52. The van der Waals surface area contributed by atoms with Crippen molar-refractivity contribution in [1.82, 2.24) is 9.97 Å². The number of hydrogen-bond donors (Lipinski definition) is 2. The first kappa shape index (κ1) is 15.2. The van der Waals surface area contributed by atoms with E-state index in [9.17, 15) is 4.79 Å². The Balaban J connectivity index is 2.53. The van der Waals surface area contributed by atoms with Gasteiger partial charge in [-0.3, -0.25) is 4.79 Å². The number of aromatic nitrogens is 2. The molecule has 0 saturated carbocycles. The molecule has 0 aliphatic heterocycles. The molecule has 6 nitrogen and oxygen atoms in total. The minimum atomic E-state index is -0.809. The maximum Gasteiger partial charge on any atom is 0.305 e. The maximum absolute atomic E-state index is 10.5. The maximum atomic E-state index is 10.5. The van der Waals surface area contributed by atoms with Crippen molar-refractivity contribution in [1.29, 1.82) is 0 Å². The highest BCUT2D eigenvalue weighted by molar-refractivity contribution is 5.67. The Hall–Kier alpha value is -1.85. The number of nitrogens with one attached hydrogen (secondary N) is 1. The number of hydrogen-bond acceptors (Lipinski definition) is 5. The van der Waals surface area contributed by atoms with Gasteiger partial charge in [0.15, 0.2) is 0 Å². The molecule has 6 heteroatoms. The van der Waals surface area contributed by atoms with Gasteiger partial charge in [0.25, 0.3) is 0 Å². The average molecular weight is 266 g/mol. The Bertz CT molecular complexity index is 409. The number of aliphatic carboxylic acids is 1. The van der Waals surface area contributed by atoms with Crippen molar-refractivity contribution in [2.45, 2.75) is 26.7 Å². The monoisotopic (exact) mass is 266 g/mol. The lowest BCUT2D eigenvalue weighted by Gasteiger charge is -2.17. The highest BCUT2D eigenvalue weighted by Gasteiger charge is 2.06. The zero-order valence-electron chi connectivity index (χ0n) is 11.8. The first-order valence-electron chi connectivity index (χ1n) is 6.48. The molecule has 1 heterocycles. The van der Waals surface area contributed by atoms with E-state index in [4.69, 9.17) is 5.11 Å². The molecule has 19 heavy (non-hydrogen) atoms. The summed E-state index contributed by atoms with van der Waals surface area (Å²) >= 11 is 0. The molecular formula is C13H22N4O2. The fourth-order valence-corrected chi connectivity index (χ4v) is 1.52. The van der Waals surface area contributed by atoms with E-state index in [1.165, 1.54) is 6.33 Å². The van der Waals surface area contributed by atoms with Crippen LogP contribution in [0.2, 0.25) is 0 Å². The largest absolute Gasteiger partial charge is 0.481 e. The van der Waals surface area contributed by atoms with Crippen LogP contribution in [0.4, 0.5) is 11.6 Å². The standard InChI is InChI=1S/C13H22N4O2/c1-10(2)4-6-14-11-8-12(16-9-15-11)17(3)7-5-13(18)19/h8-10H,4-7H2,1-3H3,(H,18,19)(H,14,15,16). The molecule has 0 radical (unpaired) electrons. The fraction of sp³-hybridized carbons (Fsp3) is 0.615. The molecule has 0 amide bonds. The van der Waals surface area contributed by atoms with Crippen molar-refractivity contribution < 1.29 is 9.90 Å². The van der Waals surface area contributed by atoms with Gasteiger partial charge in [-0.15, -0.1) is 0 Å². The minimum absolute atomic E-state index is 0.0939. The second-order valence-corrected chi connectivity index (χ2v) is 4.94. The van der Waals surface area contributed by atoms with Gasteiger partial charge in [0.2, 0.25) is 0 Å². The molecule has 0 unspecified atom stereocenters. The van der Waals surface area contributed by atoms with Gasteiger partial charge in [0.1, 0.15) is 18.0 Å². The summed E-state index contributed by atoms with van der Waals surface area (Å²) in [6.45, 7) is 5.64. The van der Waals surface area contributed by atoms with Crippen LogP contribution >= 0.6 is 0 Å². The van der Waals surface area contributed by atoms with E-state index in [0.717, 1.165) is 24.6 Å². The summed E-state index contributed by atoms with van der Waals surface area (Å²) < 4.78 is 0. The summed E-state index contributed by atoms with van der Waals surface area (Å²) in [7, 11) is 1.82. The number of nitrogens with zero attached hydrogens (tertiary/aromatic N) is 3. The topological polar surface area (TPSA) is 78.4 Å². The number of anilines is 2. The van der Waals surface area contributed by atoms with Gasteiger partial charge in [-0.25, -0.2) is 9.97 Å². The van der Waals surface area contributed by atoms with Crippen molar-refractivity contribution in [3.8, 4) is 0 Å². The molecular weight excluding hydrogens is 244 g/mol. The lowest BCUT2D eigenvalue weighted by Crippen LogP contribution is -2.22.